The zero-order valence-electron chi connectivity index (χ0n) is 11.5. The van der Waals surface area contributed by atoms with E-state index in [-0.39, 0.29) is 18.3 Å². The van der Waals surface area contributed by atoms with Gasteiger partial charge in [0.25, 0.3) is 0 Å². The molecule has 0 amide bonds. The summed E-state index contributed by atoms with van der Waals surface area (Å²) >= 11 is 0. The van der Waals surface area contributed by atoms with Crippen molar-refractivity contribution in [3.8, 4) is 0 Å². The Hall–Kier alpha value is -0.0800. The molecule has 2 atom stereocenters. The van der Waals surface area contributed by atoms with Gasteiger partial charge in [-0.1, -0.05) is 33.6 Å². The summed E-state index contributed by atoms with van der Waals surface area (Å²) in [5, 5.41) is 0. The van der Waals surface area contributed by atoms with Gasteiger partial charge >= 0.3 is 0 Å². The van der Waals surface area contributed by atoms with Gasteiger partial charge < -0.3 is 9.47 Å². The topological polar surface area (TPSA) is 18.5 Å². The fraction of sp³-hybridized carbons (Fsp3) is 0.929. The first-order chi connectivity index (χ1) is 7.65. The Morgan fingerprint density at radius 3 is 2.19 bits per heavy atom. The van der Waals surface area contributed by atoms with Crippen LogP contribution in [0, 0.1) is 6.92 Å². The van der Waals surface area contributed by atoms with Gasteiger partial charge in [-0.3, -0.25) is 0 Å². The van der Waals surface area contributed by atoms with Gasteiger partial charge in [0.15, 0.2) is 0 Å². The molecule has 2 unspecified atom stereocenters. The Balaban J connectivity index is 4.18. The first kappa shape index (κ1) is 15.9. The Morgan fingerprint density at radius 2 is 1.75 bits per heavy atom. The third-order valence-corrected chi connectivity index (χ3v) is 2.52. The summed E-state index contributed by atoms with van der Waals surface area (Å²) in [6, 6.07) is 0. The molecule has 2 nitrogen and oxygen atoms in total. The molecule has 0 spiro atoms. The van der Waals surface area contributed by atoms with E-state index in [1.54, 1.807) is 0 Å². The average Bonchev–Trinajstić information content (AvgIpc) is 2.25. The lowest BCUT2D eigenvalue weighted by Crippen LogP contribution is -2.33. The monoisotopic (exact) mass is 229 g/mol. The van der Waals surface area contributed by atoms with Gasteiger partial charge in [-0.05, 0) is 33.1 Å². The van der Waals surface area contributed by atoms with Crippen LogP contribution in [0.15, 0.2) is 0 Å². The standard InChI is InChI=1S/C14H29O2/c1-6-9-10-14(16-12(4)5)13(8-3)15-11-7-2/h12-14H,3,6-11H2,1-2,4-5H3. The molecule has 0 aromatic carbocycles. The third-order valence-electron chi connectivity index (χ3n) is 2.52. The SMILES string of the molecule is [CH2]CC(OCCC)C(CCCC)OC(C)C. The Bertz CT molecular complexity index is 146. The molecular formula is C14H29O2. The highest BCUT2D eigenvalue weighted by Gasteiger charge is 2.21. The second kappa shape index (κ2) is 10.1. The van der Waals surface area contributed by atoms with Crippen molar-refractivity contribution in [3.05, 3.63) is 6.92 Å². The van der Waals surface area contributed by atoms with E-state index in [0.717, 1.165) is 25.9 Å². The molecule has 0 aromatic rings. The summed E-state index contributed by atoms with van der Waals surface area (Å²) in [7, 11) is 0. The van der Waals surface area contributed by atoms with Gasteiger partial charge in [0.05, 0.1) is 18.3 Å². The number of rotatable bonds is 10. The molecule has 0 saturated carbocycles. The van der Waals surface area contributed by atoms with E-state index in [1.165, 1.54) is 12.8 Å². The fourth-order valence-corrected chi connectivity index (χ4v) is 1.74. The summed E-state index contributed by atoms with van der Waals surface area (Å²) in [5.74, 6) is 0. The van der Waals surface area contributed by atoms with Gasteiger partial charge in [-0.15, -0.1) is 0 Å². The summed E-state index contributed by atoms with van der Waals surface area (Å²) in [4.78, 5) is 0. The van der Waals surface area contributed by atoms with E-state index < -0.39 is 0 Å². The minimum absolute atomic E-state index is 0.161. The second-order valence-corrected chi connectivity index (χ2v) is 4.56. The van der Waals surface area contributed by atoms with Crippen molar-refractivity contribution in [1.29, 1.82) is 0 Å². The summed E-state index contributed by atoms with van der Waals surface area (Å²) < 4.78 is 11.8. The Morgan fingerprint density at radius 1 is 1.06 bits per heavy atom. The number of hydrogen-bond donors (Lipinski definition) is 0. The quantitative estimate of drug-likeness (QED) is 0.564. The largest absolute Gasteiger partial charge is 0.376 e. The van der Waals surface area contributed by atoms with Crippen LogP contribution in [-0.4, -0.2) is 24.9 Å². The van der Waals surface area contributed by atoms with Crippen LogP contribution < -0.4 is 0 Å². The molecule has 2 heteroatoms. The van der Waals surface area contributed by atoms with Crippen molar-refractivity contribution in [2.75, 3.05) is 6.61 Å². The maximum atomic E-state index is 5.94. The predicted molar refractivity (Wildman–Crippen MR) is 69.5 cm³/mol. The van der Waals surface area contributed by atoms with Crippen molar-refractivity contribution >= 4 is 0 Å². The normalized spacial score (nSPS) is 15.4. The molecule has 97 valence electrons. The van der Waals surface area contributed by atoms with Crippen LogP contribution in [0.1, 0.15) is 59.8 Å². The number of hydrogen-bond acceptors (Lipinski definition) is 2. The van der Waals surface area contributed by atoms with Gasteiger partial charge in [0, 0.05) is 6.61 Å². The van der Waals surface area contributed by atoms with Crippen LogP contribution in [0.3, 0.4) is 0 Å². The molecule has 0 saturated heterocycles. The molecule has 1 radical (unpaired) electrons. The smallest absolute Gasteiger partial charge is 0.0840 e. The van der Waals surface area contributed by atoms with Crippen molar-refractivity contribution in [3.63, 3.8) is 0 Å². The van der Waals surface area contributed by atoms with Crippen LogP contribution in [0.25, 0.3) is 0 Å². The number of ether oxygens (including phenoxy) is 2. The van der Waals surface area contributed by atoms with Crippen LogP contribution in [-0.2, 0) is 9.47 Å². The molecule has 0 fully saturated rings. The zero-order valence-corrected chi connectivity index (χ0v) is 11.5. The first-order valence-corrected chi connectivity index (χ1v) is 6.71. The van der Waals surface area contributed by atoms with Crippen molar-refractivity contribution in [2.24, 2.45) is 0 Å². The van der Waals surface area contributed by atoms with Crippen molar-refractivity contribution in [1.82, 2.24) is 0 Å². The Labute approximate surface area is 102 Å². The zero-order chi connectivity index (χ0) is 12.4. The molecule has 0 aliphatic rings. The molecular weight excluding hydrogens is 200 g/mol. The van der Waals surface area contributed by atoms with E-state index in [1.807, 2.05) is 0 Å². The van der Waals surface area contributed by atoms with Gasteiger partial charge in [0.1, 0.15) is 0 Å². The molecule has 0 aromatic heterocycles. The predicted octanol–water partition coefficient (Wildman–Crippen LogP) is 3.99. The highest BCUT2D eigenvalue weighted by Crippen LogP contribution is 2.17. The maximum Gasteiger partial charge on any atom is 0.0840 e. The molecule has 16 heavy (non-hydrogen) atoms. The van der Waals surface area contributed by atoms with Crippen LogP contribution in [0.5, 0.6) is 0 Å². The highest BCUT2D eigenvalue weighted by atomic mass is 16.5. The summed E-state index contributed by atoms with van der Waals surface area (Å²) in [6.45, 7) is 13.3. The average molecular weight is 229 g/mol. The van der Waals surface area contributed by atoms with Crippen LogP contribution in [0.4, 0.5) is 0 Å². The van der Waals surface area contributed by atoms with E-state index >= 15 is 0 Å². The number of unbranched alkanes of at least 4 members (excludes halogenated alkanes) is 1. The van der Waals surface area contributed by atoms with Crippen molar-refractivity contribution < 1.29 is 9.47 Å². The molecule has 0 N–H and O–H groups in total. The molecule has 0 bridgehead atoms. The lowest BCUT2D eigenvalue weighted by Gasteiger charge is -2.28. The summed E-state index contributed by atoms with van der Waals surface area (Å²) in [5.41, 5.74) is 0. The van der Waals surface area contributed by atoms with Crippen molar-refractivity contribution in [2.45, 2.75) is 78.1 Å². The van der Waals surface area contributed by atoms with Crippen LogP contribution in [0.2, 0.25) is 0 Å². The Kier molecular flexibility index (Phi) is 10.0. The minimum atomic E-state index is 0.161. The molecule has 0 heterocycles. The van der Waals surface area contributed by atoms with E-state index in [4.69, 9.17) is 9.47 Å². The molecule has 0 aliphatic heterocycles. The third kappa shape index (κ3) is 7.24. The molecule has 0 rings (SSSR count). The lowest BCUT2D eigenvalue weighted by molar-refractivity contribution is -0.0956. The van der Waals surface area contributed by atoms with E-state index in [0.29, 0.717) is 0 Å². The second-order valence-electron chi connectivity index (χ2n) is 4.56. The van der Waals surface area contributed by atoms with Gasteiger partial charge in [-0.2, -0.15) is 0 Å². The summed E-state index contributed by atoms with van der Waals surface area (Å²) in [6.07, 6.45) is 5.97. The van der Waals surface area contributed by atoms with Crippen LogP contribution >= 0.6 is 0 Å². The van der Waals surface area contributed by atoms with Gasteiger partial charge in [-0.25, -0.2) is 0 Å². The molecule has 0 aliphatic carbocycles. The minimum Gasteiger partial charge on any atom is -0.376 e. The highest BCUT2D eigenvalue weighted by molar-refractivity contribution is 4.73. The van der Waals surface area contributed by atoms with E-state index in [9.17, 15) is 0 Å². The fourth-order valence-electron chi connectivity index (χ4n) is 1.74. The lowest BCUT2D eigenvalue weighted by atomic mass is 10.0. The maximum absolute atomic E-state index is 5.94. The first-order valence-electron chi connectivity index (χ1n) is 6.71. The van der Waals surface area contributed by atoms with E-state index in [2.05, 4.69) is 34.6 Å². The van der Waals surface area contributed by atoms with Gasteiger partial charge in [0.2, 0.25) is 0 Å².